The third-order valence-corrected chi connectivity index (χ3v) is 5.78. The zero-order valence-corrected chi connectivity index (χ0v) is 22.6. The van der Waals surface area contributed by atoms with Crippen molar-refractivity contribution in [3.63, 3.8) is 0 Å². The lowest BCUT2D eigenvalue weighted by molar-refractivity contribution is -0.122. The first-order chi connectivity index (χ1) is 19.3. The summed E-state index contributed by atoms with van der Waals surface area (Å²) in [6.45, 7) is 0. The van der Waals surface area contributed by atoms with Gasteiger partial charge in [0.05, 0.1) is 33.8 Å². The zero-order chi connectivity index (χ0) is 28.7. The van der Waals surface area contributed by atoms with Crippen molar-refractivity contribution in [2.24, 2.45) is 20.5 Å². The fourth-order valence-corrected chi connectivity index (χ4v) is 3.45. The molecule has 0 bridgehead atoms. The van der Waals surface area contributed by atoms with Gasteiger partial charge in [0.25, 0.3) is 11.8 Å². The number of nitrogens with zero attached hydrogens (tertiary/aromatic N) is 4. The van der Waals surface area contributed by atoms with Crippen LogP contribution in [0.3, 0.4) is 0 Å². The normalized spacial score (nSPS) is 10.8. The van der Waals surface area contributed by atoms with Crippen LogP contribution in [0.15, 0.2) is 93.3 Å². The number of hydrogen-bond acceptors (Lipinski definition) is 6. The van der Waals surface area contributed by atoms with Crippen LogP contribution in [0, 0.1) is 0 Å². The molecule has 0 aliphatic carbocycles. The molecule has 204 valence electrons. The molecule has 0 aromatic heterocycles. The number of azo groups is 2. The Morgan fingerprint density at radius 3 is 1.32 bits per heavy atom. The quantitative estimate of drug-likeness (QED) is 0.316. The molecule has 4 amide bonds. The summed E-state index contributed by atoms with van der Waals surface area (Å²) in [4.78, 5) is 47.8. The van der Waals surface area contributed by atoms with Gasteiger partial charge in [-0.2, -0.15) is 10.2 Å². The molecule has 3 aromatic rings. The molecule has 3 rings (SSSR count). The molecule has 10 nitrogen and oxygen atoms in total. The van der Waals surface area contributed by atoms with E-state index in [9.17, 15) is 19.2 Å². The number of amides is 4. The van der Waals surface area contributed by atoms with Gasteiger partial charge in [0.2, 0.25) is 11.8 Å². The minimum absolute atomic E-state index is 0.0551. The topological polar surface area (TPSA) is 142 Å². The predicted molar refractivity (Wildman–Crippen MR) is 153 cm³/mol. The Hall–Kier alpha value is -4.54. The van der Waals surface area contributed by atoms with E-state index in [-0.39, 0.29) is 37.5 Å². The standard InChI is InChI=1S/C28H24Cl2N6O4/c29-21-5-1-3-7-23(21)33-25(37)13-15-27(39)35-31-17-19-9-11-20(12-10-19)18-32-36-28(40)16-14-26(38)34-24-8-4-2-6-22(24)30/h1-12,17-18H,13-16H2,(H,33,37)(H,34,38). The lowest BCUT2D eigenvalue weighted by Crippen LogP contribution is -2.13. The summed E-state index contributed by atoms with van der Waals surface area (Å²) in [5.74, 6) is -1.79. The molecule has 0 saturated carbocycles. The van der Waals surface area contributed by atoms with E-state index in [2.05, 4.69) is 31.1 Å². The van der Waals surface area contributed by atoms with Crippen LogP contribution in [-0.2, 0) is 19.2 Å². The summed E-state index contributed by atoms with van der Waals surface area (Å²) >= 11 is 12.0. The van der Waals surface area contributed by atoms with Crippen molar-refractivity contribution >= 4 is 70.6 Å². The maximum Gasteiger partial charge on any atom is 0.265 e. The van der Waals surface area contributed by atoms with Crippen LogP contribution < -0.4 is 21.1 Å². The SMILES string of the molecule is O=C(CCC(=O)Nc1ccccc1Cl)N=NC=c1ccc(=CN=NC(=O)CCC(=O)Nc2ccccc2Cl)cc1. The lowest BCUT2D eigenvalue weighted by Gasteiger charge is -2.05. The summed E-state index contributed by atoms with van der Waals surface area (Å²) < 4.78 is 0. The Kier molecular flexibility index (Phi) is 11.8. The van der Waals surface area contributed by atoms with E-state index in [1.807, 2.05) is 0 Å². The van der Waals surface area contributed by atoms with E-state index in [0.717, 1.165) is 0 Å². The molecule has 3 aromatic carbocycles. The minimum Gasteiger partial charge on any atom is -0.325 e. The van der Waals surface area contributed by atoms with Gasteiger partial charge < -0.3 is 10.6 Å². The van der Waals surface area contributed by atoms with E-state index in [1.54, 1.807) is 72.8 Å². The minimum atomic E-state index is -0.540. The molecule has 12 heteroatoms. The van der Waals surface area contributed by atoms with Gasteiger partial charge in [0, 0.05) is 25.7 Å². The highest BCUT2D eigenvalue weighted by atomic mass is 35.5. The molecule has 40 heavy (non-hydrogen) atoms. The first-order valence-electron chi connectivity index (χ1n) is 12.0. The number of para-hydroxylation sites is 2. The fourth-order valence-electron chi connectivity index (χ4n) is 3.08. The number of hydrogen-bond donors (Lipinski definition) is 2. The molecule has 0 aliphatic rings. The van der Waals surface area contributed by atoms with Crippen molar-refractivity contribution in [2.45, 2.75) is 25.7 Å². The maximum absolute atomic E-state index is 12.0. The molecular weight excluding hydrogens is 555 g/mol. The molecule has 0 heterocycles. The number of halogens is 2. The van der Waals surface area contributed by atoms with Crippen molar-refractivity contribution in [3.05, 3.63) is 93.3 Å². The monoisotopic (exact) mass is 578 g/mol. The van der Waals surface area contributed by atoms with Gasteiger partial charge in [-0.1, -0.05) is 71.7 Å². The smallest absolute Gasteiger partial charge is 0.265 e. The van der Waals surface area contributed by atoms with Gasteiger partial charge >= 0.3 is 0 Å². The Balaban J connectivity index is 1.41. The van der Waals surface area contributed by atoms with Crippen LogP contribution in [0.1, 0.15) is 25.7 Å². The molecule has 0 aliphatic heterocycles. The van der Waals surface area contributed by atoms with Crippen LogP contribution in [-0.4, -0.2) is 23.6 Å². The Labute approximate surface area is 239 Å². The van der Waals surface area contributed by atoms with Gasteiger partial charge in [-0.25, -0.2) is 0 Å². The Bertz CT molecular complexity index is 1430. The molecule has 0 saturated heterocycles. The fraction of sp³-hybridized carbons (Fsp3) is 0.143. The summed E-state index contributed by atoms with van der Waals surface area (Å²) in [6.07, 6.45) is 2.48. The zero-order valence-electron chi connectivity index (χ0n) is 21.1. The van der Waals surface area contributed by atoms with E-state index < -0.39 is 11.8 Å². The predicted octanol–water partition coefficient (Wildman–Crippen LogP) is 5.26. The van der Waals surface area contributed by atoms with Crippen molar-refractivity contribution in [2.75, 3.05) is 10.6 Å². The molecule has 0 fully saturated rings. The van der Waals surface area contributed by atoms with Gasteiger partial charge in [-0.15, -0.1) is 10.2 Å². The average Bonchev–Trinajstić information content (AvgIpc) is 2.94. The Morgan fingerprint density at radius 2 is 0.950 bits per heavy atom. The second kappa shape index (κ2) is 15.8. The number of rotatable bonds is 10. The van der Waals surface area contributed by atoms with E-state index in [1.165, 1.54) is 12.4 Å². The van der Waals surface area contributed by atoms with E-state index >= 15 is 0 Å². The third-order valence-electron chi connectivity index (χ3n) is 5.12. The largest absolute Gasteiger partial charge is 0.325 e. The highest BCUT2D eigenvalue weighted by Crippen LogP contribution is 2.21. The van der Waals surface area contributed by atoms with Gasteiger partial charge in [0.15, 0.2) is 0 Å². The first-order valence-corrected chi connectivity index (χ1v) is 12.8. The highest BCUT2D eigenvalue weighted by Gasteiger charge is 2.09. The van der Waals surface area contributed by atoms with Crippen LogP contribution in [0.4, 0.5) is 11.4 Å². The second-order valence-electron chi connectivity index (χ2n) is 8.20. The van der Waals surface area contributed by atoms with E-state index in [4.69, 9.17) is 23.2 Å². The number of anilines is 2. The molecule has 0 unspecified atom stereocenters. The van der Waals surface area contributed by atoms with Crippen LogP contribution in [0.25, 0.3) is 12.4 Å². The van der Waals surface area contributed by atoms with Crippen molar-refractivity contribution < 1.29 is 19.2 Å². The second-order valence-corrected chi connectivity index (χ2v) is 9.01. The molecule has 0 spiro atoms. The number of benzene rings is 3. The van der Waals surface area contributed by atoms with Gasteiger partial charge in [0.1, 0.15) is 0 Å². The van der Waals surface area contributed by atoms with Gasteiger partial charge in [-0.3, -0.25) is 19.2 Å². The van der Waals surface area contributed by atoms with Crippen LogP contribution in [0.5, 0.6) is 0 Å². The summed E-state index contributed by atoms with van der Waals surface area (Å²) in [6, 6.07) is 20.4. The Morgan fingerprint density at radius 1 is 0.575 bits per heavy atom. The number of nitrogens with one attached hydrogen (secondary N) is 2. The first kappa shape index (κ1) is 30.0. The average molecular weight is 579 g/mol. The van der Waals surface area contributed by atoms with Crippen LogP contribution in [0.2, 0.25) is 10.0 Å². The lowest BCUT2D eigenvalue weighted by atomic mass is 10.2. The summed E-state index contributed by atoms with van der Waals surface area (Å²) in [5, 5.41) is 22.1. The number of carbonyl (C=O) groups excluding carboxylic acids is 4. The molecule has 0 radical (unpaired) electrons. The molecule has 0 atom stereocenters. The van der Waals surface area contributed by atoms with Crippen molar-refractivity contribution in [3.8, 4) is 0 Å². The molecular formula is C28H24Cl2N6O4. The highest BCUT2D eigenvalue weighted by molar-refractivity contribution is 6.34. The summed E-state index contributed by atoms with van der Waals surface area (Å²) in [5.41, 5.74) is 0.944. The third kappa shape index (κ3) is 10.7. The van der Waals surface area contributed by atoms with Gasteiger partial charge in [-0.05, 0) is 34.7 Å². The number of carbonyl (C=O) groups is 4. The van der Waals surface area contributed by atoms with Crippen molar-refractivity contribution in [1.82, 2.24) is 0 Å². The van der Waals surface area contributed by atoms with E-state index in [0.29, 0.717) is 31.9 Å². The molecule has 2 N–H and O–H groups in total. The van der Waals surface area contributed by atoms with Crippen molar-refractivity contribution in [1.29, 1.82) is 0 Å². The summed E-state index contributed by atoms with van der Waals surface area (Å²) in [7, 11) is 0. The maximum atomic E-state index is 12.0. The van der Waals surface area contributed by atoms with Crippen LogP contribution >= 0.6 is 23.2 Å².